The van der Waals surface area contributed by atoms with E-state index in [0.29, 0.717) is 11.5 Å². The van der Waals surface area contributed by atoms with Crippen molar-refractivity contribution in [1.29, 1.82) is 5.26 Å². The van der Waals surface area contributed by atoms with Gasteiger partial charge in [-0.05, 0) is 42.5 Å². The molecule has 2 aromatic heterocycles. The largest absolute Gasteiger partial charge is 0.336 e. The van der Waals surface area contributed by atoms with E-state index in [2.05, 4.69) is 35.2 Å². The Labute approximate surface area is 171 Å². The average molecular weight is 418 g/mol. The van der Waals surface area contributed by atoms with Gasteiger partial charge < -0.3 is 4.98 Å². The summed E-state index contributed by atoms with van der Waals surface area (Å²) < 4.78 is 27.1. The number of aromatic amines is 1. The van der Waals surface area contributed by atoms with Crippen LogP contribution in [0.1, 0.15) is 5.82 Å². The molecule has 148 valence electrons. The molecule has 0 bridgehead atoms. The lowest BCUT2D eigenvalue weighted by atomic mass is 10.3. The molecule has 0 unspecified atom stereocenters. The van der Waals surface area contributed by atoms with Gasteiger partial charge in [0.25, 0.3) is 10.0 Å². The van der Waals surface area contributed by atoms with Crippen molar-refractivity contribution in [3.8, 4) is 6.07 Å². The molecule has 30 heavy (non-hydrogen) atoms. The summed E-state index contributed by atoms with van der Waals surface area (Å²) in [6.45, 7) is 0. The first-order valence-electron chi connectivity index (χ1n) is 8.64. The Balaban J connectivity index is 1.50. The Bertz CT molecular complexity index is 1320. The fraction of sp³-hybridized carbons (Fsp3) is 0. The van der Waals surface area contributed by atoms with Crippen LogP contribution in [0.5, 0.6) is 0 Å². The molecule has 4 rings (SSSR count). The summed E-state index contributed by atoms with van der Waals surface area (Å²) in [7, 11) is -3.83. The molecule has 3 N–H and O–H groups in total. The quantitative estimate of drug-likeness (QED) is 0.322. The topological polar surface area (TPSA) is 149 Å². The van der Waals surface area contributed by atoms with Crippen molar-refractivity contribution in [2.45, 2.75) is 4.90 Å². The Hall–Kier alpha value is -4.30. The molecule has 11 heteroatoms. The van der Waals surface area contributed by atoms with E-state index < -0.39 is 10.0 Å². The molecule has 0 spiro atoms. The van der Waals surface area contributed by atoms with E-state index in [1.54, 1.807) is 6.07 Å². The third-order valence-electron chi connectivity index (χ3n) is 3.97. The molecule has 2 heterocycles. The summed E-state index contributed by atoms with van der Waals surface area (Å²) in [4.78, 5) is 15.1. The first-order chi connectivity index (χ1) is 14.5. The third kappa shape index (κ3) is 4.08. The van der Waals surface area contributed by atoms with Crippen LogP contribution in [0.3, 0.4) is 0 Å². The van der Waals surface area contributed by atoms with E-state index in [9.17, 15) is 13.7 Å². The van der Waals surface area contributed by atoms with Gasteiger partial charge in [-0.3, -0.25) is 5.43 Å². The average Bonchev–Trinajstić information content (AvgIpc) is 3.19. The number of aromatic nitrogens is 4. The maximum atomic E-state index is 12.4. The minimum Gasteiger partial charge on any atom is -0.336 e. The van der Waals surface area contributed by atoms with Crippen molar-refractivity contribution in [3.63, 3.8) is 0 Å². The summed E-state index contributed by atoms with van der Waals surface area (Å²) in [5.74, 6) is 0.311. The summed E-state index contributed by atoms with van der Waals surface area (Å²) in [5.41, 5.74) is 4.80. The molecule has 0 aliphatic carbocycles. The van der Waals surface area contributed by atoms with Crippen LogP contribution in [0.15, 0.2) is 77.0 Å². The van der Waals surface area contributed by atoms with Gasteiger partial charge in [0.15, 0.2) is 5.82 Å². The number of imidazole rings is 1. The van der Waals surface area contributed by atoms with Gasteiger partial charge in [0.1, 0.15) is 6.07 Å². The first kappa shape index (κ1) is 19.0. The predicted molar refractivity (Wildman–Crippen MR) is 111 cm³/mol. The Morgan fingerprint density at radius 2 is 1.77 bits per heavy atom. The van der Waals surface area contributed by atoms with E-state index in [1.165, 1.54) is 36.7 Å². The highest BCUT2D eigenvalue weighted by Crippen LogP contribution is 2.17. The van der Waals surface area contributed by atoms with E-state index >= 15 is 0 Å². The molecule has 0 saturated carbocycles. The second-order valence-electron chi connectivity index (χ2n) is 5.99. The molecule has 0 radical (unpaired) electrons. The molecule has 2 aromatic carbocycles. The van der Waals surface area contributed by atoms with Crippen LogP contribution in [0, 0.1) is 11.3 Å². The van der Waals surface area contributed by atoms with E-state index in [0.717, 1.165) is 11.0 Å². The molecule has 0 saturated heterocycles. The SMILES string of the molecule is N#C/C(=N\Nc1ccc(S(=O)(=O)Nc2ncccn2)cc1)c1nc2ccccc2[nH]1. The van der Waals surface area contributed by atoms with Crippen molar-refractivity contribution < 1.29 is 8.42 Å². The Kier molecular flexibility index (Phi) is 5.06. The monoisotopic (exact) mass is 418 g/mol. The maximum Gasteiger partial charge on any atom is 0.264 e. The minimum absolute atomic E-state index is 0.0196. The van der Waals surface area contributed by atoms with Crippen LogP contribution >= 0.6 is 0 Å². The lowest BCUT2D eigenvalue weighted by Gasteiger charge is -2.07. The fourth-order valence-electron chi connectivity index (χ4n) is 2.56. The highest BCUT2D eigenvalue weighted by Gasteiger charge is 2.15. The van der Waals surface area contributed by atoms with Crippen molar-refractivity contribution >= 4 is 38.4 Å². The van der Waals surface area contributed by atoms with Crippen LogP contribution in [0.2, 0.25) is 0 Å². The number of nitrogens with one attached hydrogen (secondary N) is 3. The summed E-state index contributed by atoms with van der Waals surface area (Å²) in [5, 5.41) is 13.5. The number of benzene rings is 2. The number of rotatable bonds is 6. The standard InChI is InChI=1S/C19H14N8O2S/c20-12-17(18-23-15-4-1-2-5-16(15)24-18)26-25-13-6-8-14(9-7-13)30(28,29)27-19-21-10-3-11-22-19/h1-11,25H,(H,23,24)(H,21,22,27)/b26-17+. The predicted octanol–water partition coefficient (Wildman–Crippen LogP) is 2.49. The number of fused-ring (bicyclic) bond motifs is 1. The molecule has 0 fully saturated rings. The molecule has 0 amide bonds. The van der Waals surface area contributed by atoms with E-state index in [1.807, 2.05) is 30.3 Å². The van der Waals surface area contributed by atoms with Gasteiger partial charge >= 0.3 is 0 Å². The Morgan fingerprint density at radius 3 is 2.47 bits per heavy atom. The van der Waals surface area contributed by atoms with Crippen molar-refractivity contribution in [2.24, 2.45) is 5.10 Å². The number of hydrogen-bond acceptors (Lipinski definition) is 8. The number of hydrazone groups is 1. The third-order valence-corrected chi connectivity index (χ3v) is 5.32. The lowest BCUT2D eigenvalue weighted by molar-refractivity contribution is 0.601. The number of H-pyrrole nitrogens is 1. The lowest BCUT2D eigenvalue weighted by Crippen LogP contribution is -2.14. The summed E-state index contributed by atoms with van der Waals surface area (Å²) >= 11 is 0. The highest BCUT2D eigenvalue weighted by atomic mass is 32.2. The van der Waals surface area contributed by atoms with Crippen LogP contribution in [0.25, 0.3) is 11.0 Å². The van der Waals surface area contributed by atoms with Crippen LogP contribution < -0.4 is 10.1 Å². The van der Waals surface area contributed by atoms with Gasteiger partial charge in [-0.25, -0.2) is 28.1 Å². The van der Waals surface area contributed by atoms with Crippen LogP contribution in [-0.4, -0.2) is 34.1 Å². The zero-order valence-electron chi connectivity index (χ0n) is 15.3. The number of anilines is 2. The van der Waals surface area contributed by atoms with Gasteiger partial charge in [0, 0.05) is 12.4 Å². The number of nitrogens with zero attached hydrogens (tertiary/aromatic N) is 5. The number of nitriles is 1. The molecule has 0 aliphatic rings. The van der Waals surface area contributed by atoms with Crippen molar-refractivity contribution in [1.82, 2.24) is 19.9 Å². The normalized spacial score (nSPS) is 11.8. The minimum atomic E-state index is -3.83. The maximum absolute atomic E-state index is 12.4. The van der Waals surface area contributed by atoms with Gasteiger partial charge in [0.2, 0.25) is 11.7 Å². The van der Waals surface area contributed by atoms with Crippen molar-refractivity contribution in [2.75, 3.05) is 10.1 Å². The number of para-hydroxylation sites is 2. The molecule has 0 aliphatic heterocycles. The first-order valence-corrected chi connectivity index (χ1v) is 10.1. The van der Waals surface area contributed by atoms with Crippen molar-refractivity contribution in [3.05, 3.63) is 72.8 Å². The van der Waals surface area contributed by atoms with Gasteiger partial charge in [-0.15, -0.1) is 0 Å². The van der Waals surface area contributed by atoms with E-state index in [4.69, 9.17) is 0 Å². The highest BCUT2D eigenvalue weighted by molar-refractivity contribution is 7.92. The Morgan fingerprint density at radius 1 is 1.03 bits per heavy atom. The fourth-order valence-corrected chi connectivity index (χ4v) is 3.51. The second kappa shape index (κ2) is 7.98. The van der Waals surface area contributed by atoms with Gasteiger partial charge in [0.05, 0.1) is 21.6 Å². The van der Waals surface area contributed by atoms with Gasteiger partial charge in [-0.1, -0.05) is 12.1 Å². The summed E-state index contributed by atoms with van der Waals surface area (Å²) in [6, 6.07) is 16.8. The molecule has 10 nitrogen and oxygen atoms in total. The molecule has 0 atom stereocenters. The zero-order chi connectivity index (χ0) is 21.0. The zero-order valence-corrected chi connectivity index (χ0v) is 16.1. The van der Waals surface area contributed by atoms with Gasteiger partial charge in [-0.2, -0.15) is 10.4 Å². The van der Waals surface area contributed by atoms with Crippen LogP contribution in [-0.2, 0) is 10.0 Å². The molecular formula is C19H14N8O2S. The molecular weight excluding hydrogens is 404 g/mol. The molecule has 4 aromatic rings. The van der Waals surface area contributed by atoms with E-state index in [-0.39, 0.29) is 16.6 Å². The number of hydrogen-bond donors (Lipinski definition) is 3. The smallest absolute Gasteiger partial charge is 0.264 e. The van der Waals surface area contributed by atoms with Crippen LogP contribution in [0.4, 0.5) is 11.6 Å². The number of sulfonamides is 1. The second-order valence-corrected chi connectivity index (χ2v) is 7.67. The summed E-state index contributed by atoms with van der Waals surface area (Å²) in [6.07, 6.45) is 2.87.